The lowest BCUT2D eigenvalue weighted by atomic mass is 9.98. The molecule has 1 aliphatic heterocycles. The van der Waals surface area contributed by atoms with Crippen LogP contribution in [0.25, 0.3) is 0 Å². The van der Waals surface area contributed by atoms with Crippen molar-refractivity contribution in [2.45, 2.75) is 17.7 Å². The molecule has 0 bridgehead atoms. The zero-order chi connectivity index (χ0) is 22.6. The zero-order valence-corrected chi connectivity index (χ0v) is 17.9. The van der Waals surface area contributed by atoms with Gasteiger partial charge in [0.1, 0.15) is 0 Å². The average Bonchev–Trinajstić information content (AvgIpc) is 2.78. The molecule has 3 rings (SSSR count). The van der Waals surface area contributed by atoms with Crippen LogP contribution in [0.5, 0.6) is 11.5 Å². The number of hydrogen-bond acceptors (Lipinski definition) is 7. The second kappa shape index (κ2) is 9.31. The van der Waals surface area contributed by atoms with E-state index in [2.05, 4.69) is 5.32 Å². The fraction of sp³-hybridized carbons (Fsp3) is 0.350. The van der Waals surface area contributed by atoms with Crippen LogP contribution in [0.15, 0.2) is 47.4 Å². The highest BCUT2D eigenvalue weighted by molar-refractivity contribution is 7.89. The fourth-order valence-electron chi connectivity index (χ4n) is 3.44. The molecule has 31 heavy (non-hydrogen) atoms. The second-order valence-electron chi connectivity index (χ2n) is 7.02. The molecule has 0 aromatic heterocycles. The summed E-state index contributed by atoms with van der Waals surface area (Å²) in [5, 5.41) is 13.6. The van der Waals surface area contributed by atoms with Gasteiger partial charge in [-0.1, -0.05) is 6.07 Å². The third-order valence-electron chi connectivity index (χ3n) is 5.07. The summed E-state index contributed by atoms with van der Waals surface area (Å²) in [7, 11) is -0.969. The van der Waals surface area contributed by atoms with Gasteiger partial charge in [0.05, 0.1) is 30.0 Å². The van der Waals surface area contributed by atoms with Crippen LogP contribution >= 0.6 is 0 Å². The zero-order valence-electron chi connectivity index (χ0n) is 17.1. The molecular weight excluding hydrogens is 426 g/mol. The number of piperidine rings is 1. The number of rotatable bonds is 7. The molecule has 0 aliphatic carbocycles. The molecule has 166 valence electrons. The molecule has 0 unspecified atom stereocenters. The fourth-order valence-corrected chi connectivity index (χ4v) is 4.98. The molecule has 1 fully saturated rings. The Labute approximate surface area is 180 Å². The minimum atomic E-state index is -3.85. The van der Waals surface area contributed by atoms with Gasteiger partial charge in [0.15, 0.2) is 11.5 Å². The molecule has 11 heteroatoms. The van der Waals surface area contributed by atoms with Crippen LogP contribution in [0.4, 0.5) is 11.4 Å². The van der Waals surface area contributed by atoms with Crippen LogP contribution in [0.2, 0.25) is 0 Å². The quantitative estimate of drug-likeness (QED) is 0.508. The lowest BCUT2D eigenvalue weighted by Crippen LogP contribution is -2.43. The number of methoxy groups -OCH3 is 2. The van der Waals surface area contributed by atoms with E-state index in [4.69, 9.17) is 9.47 Å². The van der Waals surface area contributed by atoms with Crippen LogP contribution in [0.1, 0.15) is 12.8 Å². The number of nitro benzene ring substituents is 1. The van der Waals surface area contributed by atoms with Gasteiger partial charge >= 0.3 is 0 Å². The maximum Gasteiger partial charge on any atom is 0.271 e. The molecule has 0 saturated carbocycles. The van der Waals surface area contributed by atoms with Crippen LogP contribution in [-0.2, 0) is 14.8 Å². The van der Waals surface area contributed by atoms with Crippen LogP contribution in [-0.4, -0.2) is 50.9 Å². The summed E-state index contributed by atoms with van der Waals surface area (Å²) in [5.74, 6) is -0.259. The molecule has 0 spiro atoms. The molecule has 1 N–H and O–H groups in total. The highest BCUT2D eigenvalue weighted by Gasteiger charge is 2.34. The molecule has 0 radical (unpaired) electrons. The van der Waals surface area contributed by atoms with Crippen molar-refractivity contribution < 1.29 is 27.6 Å². The van der Waals surface area contributed by atoms with E-state index in [-0.39, 0.29) is 29.6 Å². The molecule has 2 aromatic carbocycles. The number of hydrogen-bond donors (Lipinski definition) is 1. The van der Waals surface area contributed by atoms with Gasteiger partial charge in [0, 0.05) is 37.0 Å². The van der Waals surface area contributed by atoms with E-state index in [1.54, 1.807) is 6.07 Å². The van der Waals surface area contributed by atoms with Gasteiger partial charge < -0.3 is 14.8 Å². The smallest absolute Gasteiger partial charge is 0.271 e. The number of amides is 1. The topological polar surface area (TPSA) is 128 Å². The van der Waals surface area contributed by atoms with Gasteiger partial charge in [0.25, 0.3) is 5.69 Å². The van der Waals surface area contributed by atoms with Gasteiger partial charge in [-0.05, 0) is 31.0 Å². The number of ether oxygens (including phenoxy) is 2. The maximum atomic E-state index is 13.1. The summed E-state index contributed by atoms with van der Waals surface area (Å²) in [5.41, 5.74) is 0.151. The predicted molar refractivity (Wildman–Crippen MR) is 113 cm³/mol. The minimum Gasteiger partial charge on any atom is -0.493 e. The van der Waals surface area contributed by atoms with E-state index in [1.807, 2.05) is 0 Å². The van der Waals surface area contributed by atoms with Crippen molar-refractivity contribution in [2.24, 2.45) is 5.92 Å². The van der Waals surface area contributed by atoms with E-state index in [1.165, 1.54) is 54.9 Å². The van der Waals surface area contributed by atoms with Gasteiger partial charge in [-0.25, -0.2) is 8.42 Å². The van der Waals surface area contributed by atoms with Crippen molar-refractivity contribution in [3.63, 3.8) is 0 Å². The first-order valence-electron chi connectivity index (χ1n) is 9.53. The van der Waals surface area contributed by atoms with E-state index in [9.17, 15) is 23.3 Å². The van der Waals surface area contributed by atoms with Crippen molar-refractivity contribution in [3.8, 4) is 11.5 Å². The summed E-state index contributed by atoms with van der Waals surface area (Å²) >= 11 is 0. The molecule has 1 saturated heterocycles. The summed E-state index contributed by atoms with van der Waals surface area (Å²) in [6.45, 7) is 0.300. The Bertz CT molecular complexity index is 1090. The van der Waals surface area contributed by atoms with Gasteiger partial charge in [-0.2, -0.15) is 4.31 Å². The maximum absolute atomic E-state index is 13.1. The summed E-state index contributed by atoms with van der Waals surface area (Å²) in [6, 6.07) is 9.95. The number of nitrogens with one attached hydrogen (secondary N) is 1. The van der Waals surface area contributed by atoms with E-state index in [0.29, 0.717) is 30.0 Å². The van der Waals surface area contributed by atoms with Crippen molar-refractivity contribution in [1.82, 2.24) is 4.31 Å². The number of sulfonamides is 1. The Morgan fingerprint density at radius 1 is 1.16 bits per heavy atom. The first kappa shape index (κ1) is 22.5. The number of benzene rings is 2. The van der Waals surface area contributed by atoms with Crippen molar-refractivity contribution in [3.05, 3.63) is 52.6 Å². The molecule has 1 heterocycles. The molecule has 2 aromatic rings. The summed E-state index contributed by atoms with van der Waals surface area (Å²) in [6.07, 6.45) is 1.03. The first-order chi connectivity index (χ1) is 14.8. The Hall–Kier alpha value is -3.18. The van der Waals surface area contributed by atoms with E-state index < -0.39 is 20.9 Å². The summed E-state index contributed by atoms with van der Waals surface area (Å²) in [4.78, 5) is 23.1. The van der Waals surface area contributed by atoms with Crippen LogP contribution in [0.3, 0.4) is 0 Å². The Morgan fingerprint density at radius 3 is 2.58 bits per heavy atom. The Morgan fingerprint density at radius 2 is 1.90 bits per heavy atom. The largest absolute Gasteiger partial charge is 0.493 e. The number of nitrogens with zero attached hydrogens (tertiary/aromatic N) is 2. The van der Waals surface area contributed by atoms with Crippen molar-refractivity contribution >= 4 is 27.3 Å². The lowest BCUT2D eigenvalue weighted by Gasteiger charge is -2.31. The normalized spacial score (nSPS) is 17.0. The van der Waals surface area contributed by atoms with Gasteiger partial charge in [-0.3, -0.25) is 14.9 Å². The lowest BCUT2D eigenvalue weighted by molar-refractivity contribution is -0.384. The van der Waals surface area contributed by atoms with E-state index in [0.717, 1.165) is 0 Å². The minimum absolute atomic E-state index is 0.0113. The molecular formula is C20H23N3O7S. The molecule has 10 nitrogen and oxygen atoms in total. The number of anilines is 1. The van der Waals surface area contributed by atoms with Gasteiger partial charge in [0.2, 0.25) is 15.9 Å². The number of non-ortho nitro benzene ring substituents is 1. The number of carbonyl (C=O) groups is 1. The highest BCUT2D eigenvalue weighted by atomic mass is 32.2. The summed E-state index contributed by atoms with van der Waals surface area (Å²) < 4.78 is 37.9. The number of carbonyl (C=O) groups excluding carboxylic acids is 1. The first-order valence-corrected chi connectivity index (χ1v) is 11.0. The molecule has 1 atom stereocenters. The highest BCUT2D eigenvalue weighted by Crippen LogP contribution is 2.32. The van der Waals surface area contributed by atoms with Crippen LogP contribution in [0, 0.1) is 16.0 Å². The molecule has 1 amide bonds. The molecule has 1 aliphatic rings. The van der Waals surface area contributed by atoms with Crippen LogP contribution < -0.4 is 14.8 Å². The van der Waals surface area contributed by atoms with Crippen molar-refractivity contribution in [2.75, 3.05) is 32.6 Å². The SMILES string of the molecule is COc1ccc(S(=O)(=O)N2CCC[C@@H](C(=O)Nc3cccc([N+](=O)[O-])c3)C2)cc1OC. The Kier molecular flexibility index (Phi) is 6.76. The number of nitro groups is 1. The third-order valence-corrected chi connectivity index (χ3v) is 6.93. The third kappa shape index (κ3) is 4.94. The van der Waals surface area contributed by atoms with E-state index >= 15 is 0 Å². The standard InChI is InChI=1S/C20H23N3O7S/c1-29-18-9-8-17(12-19(18)30-2)31(27,28)22-10-4-5-14(13-22)20(24)21-15-6-3-7-16(11-15)23(25)26/h3,6-9,11-12,14H,4-5,10,13H2,1-2H3,(H,21,24)/t14-/m1/s1. The average molecular weight is 449 g/mol. The second-order valence-corrected chi connectivity index (χ2v) is 8.95. The Balaban J connectivity index is 1.75. The predicted octanol–water partition coefficient (Wildman–Crippen LogP) is 2.65. The van der Waals surface area contributed by atoms with Gasteiger partial charge in [-0.15, -0.1) is 0 Å². The van der Waals surface area contributed by atoms with Crippen molar-refractivity contribution in [1.29, 1.82) is 0 Å². The monoisotopic (exact) mass is 449 g/mol.